The molecule has 2 aromatic heterocycles. The molecule has 0 saturated carbocycles. The molecule has 0 amide bonds. The first-order valence-corrected chi connectivity index (χ1v) is 10.5. The Labute approximate surface area is 172 Å². The molecule has 0 radical (unpaired) electrons. The molecule has 150 valence electrons. The lowest BCUT2D eigenvalue weighted by Crippen LogP contribution is -1.99. The number of aromatic amines is 1. The summed E-state index contributed by atoms with van der Waals surface area (Å²) < 4.78 is 5.83. The predicted octanol–water partition coefficient (Wildman–Crippen LogP) is 5.68. The monoisotopic (exact) mass is 387 g/mol. The molecular formula is C25H29N3O. The van der Waals surface area contributed by atoms with Crippen LogP contribution in [0.4, 0.5) is 0 Å². The van der Waals surface area contributed by atoms with E-state index in [2.05, 4.69) is 48.1 Å². The smallest absolute Gasteiger partial charge is 0.145 e. The summed E-state index contributed by atoms with van der Waals surface area (Å²) in [4.78, 5) is 8.37. The van der Waals surface area contributed by atoms with E-state index in [1.165, 1.54) is 38.9 Å². The van der Waals surface area contributed by atoms with Gasteiger partial charge in [-0.15, -0.1) is 0 Å². The zero-order valence-corrected chi connectivity index (χ0v) is 17.5. The Kier molecular flexibility index (Phi) is 5.54. The van der Waals surface area contributed by atoms with E-state index in [4.69, 9.17) is 10.5 Å². The van der Waals surface area contributed by atoms with Crippen molar-refractivity contribution in [1.29, 1.82) is 0 Å². The van der Waals surface area contributed by atoms with Crippen LogP contribution in [0, 0.1) is 13.8 Å². The van der Waals surface area contributed by atoms with Gasteiger partial charge in [0.2, 0.25) is 0 Å². The molecule has 0 aliphatic rings. The van der Waals surface area contributed by atoms with Crippen molar-refractivity contribution in [2.24, 2.45) is 5.73 Å². The number of hydrogen-bond donors (Lipinski definition) is 2. The van der Waals surface area contributed by atoms with Crippen LogP contribution in [0.2, 0.25) is 0 Å². The van der Waals surface area contributed by atoms with Gasteiger partial charge in [-0.2, -0.15) is 0 Å². The van der Waals surface area contributed by atoms with E-state index in [0.717, 1.165) is 42.5 Å². The highest BCUT2D eigenvalue weighted by Gasteiger charge is 2.18. The molecule has 4 nitrogen and oxygen atoms in total. The van der Waals surface area contributed by atoms with Gasteiger partial charge in [-0.1, -0.05) is 17.7 Å². The predicted molar refractivity (Wildman–Crippen MR) is 122 cm³/mol. The highest BCUT2D eigenvalue weighted by Crippen LogP contribution is 2.38. The number of benzene rings is 2. The van der Waals surface area contributed by atoms with Gasteiger partial charge in [0.25, 0.3) is 0 Å². The number of unbranched alkanes of at least 4 members (excludes halogenated alkanes) is 1. The van der Waals surface area contributed by atoms with Gasteiger partial charge in [0, 0.05) is 28.0 Å². The van der Waals surface area contributed by atoms with Crippen LogP contribution in [0.25, 0.3) is 33.1 Å². The number of fused-ring (bicyclic) bond motifs is 2. The number of pyridine rings is 1. The molecule has 4 heteroatoms. The van der Waals surface area contributed by atoms with Gasteiger partial charge in [-0.25, -0.2) is 0 Å². The fraction of sp³-hybridized carbons (Fsp3) is 0.320. The number of nitrogens with one attached hydrogen (secondary N) is 1. The van der Waals surface area contributed by atoms with Crippen molar-refractivity contribution >= 4 is 21.8 Å². The minimum absolute atomic E-state index is 0.625. The Morgan fingerprint density at radius 3 is 2.72 bits per heavy atom. The number of aromatic nitrogens is 2. The third kappa shape index (κ3) is 3.60. The normalized spacial score (nSPS) is 11.4. The van der Waals surface area contributed by atoms with E-state index in [1.54, 1.807) is 0 Å². The van der Waals surface area contributed by atoms with E-state index >= 15 is 0 Å². The van der Waals surface area contributed by atoms with Crippen LogP contribution in [0.3, 0.4) is 0 Å². The number of rotatable bonds is 7. The Hall–Kier alpha value is -2.85. The maximum absolute atomic E-state index is 5.83. The first-order valence-electron chi connectivity index (χ1n) is 10.5. The SMILES string of the molecule is CCOc1ccc(-c2[nH]c3c(C)cc(C)cc3c2CCCCN)c2cccnc12. The largest absolute Gasteiger partial charge is 0.492 e. The van der Waals surface area contributed by atoms with Crippen LogP contribution in [0.15, 0.2) is 42.6 Å². The molecule has 4 aromatic rings. The Bertz CT molecular complexity index is 1160. The van der Waals surface area contributed by atoms with Crippen molar-refractivity contribution in [3.05, 3.63) is 59.3 Å². The molecule has 0 atom stereocenters. The van der Waals surface area contributed by atoms with Crippen LogP contribution in [-0.2, 0) is 6.42 Å². The zero-order valence-electron chi connectivity index (χ0n) is 17.5. The van der Waals surface area contributed by atoms with Crippen molar-refractivity contribution in [3.63, 3.8) is 0 Å². The molecule has 0 spiro atoms. The van der Waals surface area contributed by atoms with Crippen LogP contribution in [-0.4, -0.2) is 23.1 Å². The fourth-order valence-corrected chi connectivity index (χ4v) is 4.28. The quantitative estimate of drug-likeness (QED) is 0.401. The second kappa shape index (κ2) is 8.26. The maximum Gasteiger partial charge on any atom is 0.145 e. The lowest BCUT2D eigenvalue weighted by Gasteiger charge is -2.12. The lowest BCUT2D eigenvalue weighted by atomic mass is 9.96. The Morgan fingerprint density at radius 2 is 1.93 bits per heavy atom. The van der Waals surface area contributed by atoms with E-state index in [0.29, 0.717) is 6.61 Å². The van der Waals surface area contributed by atoms with Crippen LogP contribution < -0.4 is 10.5 Å². The number of ether oxygens (including phenoxy) is 1. The van der Waals surface area contributed by atoms with Crippen molar-refractivity contribution < 1.29 is 4.74 Å². The lowest BCUT2D eigenvalue weighted by molar-refractivity contribution is 0.343. The molecule has 0 bridgehead atoms. The topological polar surface area (TPSA) is 63.9 Å². The van der Waals surface area contributed by atoms with Crippen molar-refractivity contribution in [2.75, 3.05) is 13.2 Å². The summed E-state index contributed by atoms with van der Waals surface area (Å²) >= 11 is 0. The molecular weight excluding hydrogens is 358 g/mol. The van der Waals surface area contributed by atoms with Crippen molar-refractivity contribution in [1.82, 2.24) is 9.97 Å². The standard InChI is InChI=1S/C25H29N3O/c1-4-29-22-11-10-20(18-9-7-13-27-25(18)22)24-19(8-5-6-12-26)21-15-16(2)14-17(3)23(21)28-24/h7,9-11,13-15,28H,4-6,8,12,26H2,1-3H3. The molecule has 3 N–H and O–H groups in total. The van der Waals surface area contributed by atoms with E-state index in [1.807, 2.05) is 25.3 Å². The molecule has 0 aliphatic carbocycles. The second-order valence-electron chi connectivity index (χ2n) is 7.67. The van der Waals surface area contributed by atoms with E-state index in [9.17, 15) is 0 Å². The number of H-pyrrole nitrogens is 1. The average molecular weight is 388 g/mol. The minimum atomic E-state index is 0.625. The third-order valence-electron chi connectivity index (χ3n) is 5.54. The van der Waals surface area contributed by atoms with Gasteiger partial charge in [0.15, 0.2) is 0 Å². The molecule has 0 unspecified atom stereocenters. The first kappa shape index (κ1) is 19.5. The molecule has 2 heterocycles. The van der Waals surface area contributed by atoms with Crippen molar-refractivity contribution in [3.8, 4) is 17.0 Å². The first-order chi connectivity index (χ1) is 14.1. The van der Waals surface area contributed by atoms with Gasteiger partial charge in [-0.3, -0.25) is 4.98 Å². The summed E-state index contributed by atoms with van der Waals surface area (Å²) in [6, 6.07) is 12.9. The van der Waals surface area contributed by atoms with Gasteiger partial charge < -0.3 is 15.5 Å². The van der Waals surface area contributed by atoms with Gasteiger partial charge in [0.05, 0.1) is 12.3 Å². The molecule has 0 fully saturated rings. The Morgan fingerprint density at radius 1 is 1.07 bits per heavy atom. The number of hydrogen-bond acceptors (Lipinski definition) is 3. The maximum atomic E-state index is 5.83. The second-order valence-corrected chi connectivity index (χ2v) is 7.67. The highest BCUT2D eigenvalue weighted by molar-refractivity contribution is 6.02. The summed E-state index contributed by atoms with van der Waals surface area (Å²) in [7, 11) is 0. The number of aryl methyl sites for hydroxylation is 3. The van der Waals surface area contributed by atoms with E-state index in [-0.39, 0.29) is 0 Å². The molecule has 0 aliphatic heterocycles. The van der Waals surface area contributed by atoms with Gasteiger partial charge >= 0.3 is 0 Å². The number of nitrogens with zero attached hydrogens (tertiary/aromatic N) is 1. The third-order valence-corrected chi connectivity index (χ3v) is 5.54. The number of nitrogens with two attached hydrogens (primary N) is 1. The average Bonchev–Trinajstić information content (AvgIpc) is 3.07. The van der Waals surface area contributed by atoms with Crippen LogP contribution in [0.1, 0.15) is 36.5 Å². The van der Waals surface area contributed by atoms with Crippen LogP contribution >= 0.6 is 0 Å². The molecule has 0 saturated heterocycles. The minimum Gasteiger partial charge on any atom is -0.492 e. The van der Waals surface area contributed by atoms with Crippen LogP contribution in [0.5, 0.6) is 5.75 Å². The van der Waals surface area contributed by atoms with E-state index < -0.39 is 0 Å². The summed E-state index contributed by atoms with van der Waals surface area (Å²) in [6.07, 6.45) is 4.94. The summed E-state index contributed by atoms with van der Waals surface area (Å²) in [5.41, 5.74) is 14.2. The summed E-state index contributed by atoms with van der Waals surface area (Å²) in [6.45, 7) is 7.70. The Balaban J connectivity index is 1.97. The molecule has 4 rings (SSSR count). The zero-order chi connectivity index (χ0) is 20.4. The fourth-order valence-electron chi connectivity index (χ4n) is 4.28. The van der Waals surface area contributed by atoms with Gasteiger partial charge in [-0.05, 0) is 82.0 Å². The molecule has 2 aromatic carbocycles. The van der Waals surface area contributed by atoms with Crippen molar-refractivity contribution in [2.45, 2.75) is 40.0 Å². The molecule has 29 heavy (non-hydrogen) atoms. The summed E-state index contributed by atoms with van der Waals surface area (Å²) in [5, 5.41) is 2.43. The van der Waals surface area contributed by atoms with Gasteiger partial charge in [0.1, 0.15) is 11.3 Å². The highest BCUT2D eigenvalue weighted by atomic mass is 16.5. The summed E-state index contributed by atoms with van der Waals surface area (Å²) in [5.74, 6) is 0.833.